The average Bonchev–Trinajstić information content (AvgIpc) is 2.15. The van der Waals surface area contributed by atoms with E-state index >= 15 is 0 Å². The molecule has 15 heavy (non-hydrogen) atoms. The van der Waals surface area contributed by atoms with Crippen molar-refractivity contribution in [1.29, 1.82) is 0 Å². The zero-order valence-electron chi connectivity index (χ0n) is 8.23. The smallest absolute Gasteiger partial charge is 0.335 e. The quantitative estimate of drug-likeness (QED) is 0.727. The van der Waals surface area contributed by atoms with Crippen LogP contribution in [0.4, 0.5) is 0 Å². The van der Waals surface area contributed by atoms with Crippen LogP contribution in [0.3, 0.4) is 0 Å². The Morgan fingerprint density at radius 2 is 2.07 bits per heavy atom. The first-order valence-corrected chi connectivity index (χ1v) is 4.33. The third kappa shape index (κ3) is 2.67. The lowest BCUT2D eigenvalue weighted by atomic mass is 10.0. The summed E-state index contributed by atoms with van der Waals surface area (Å²) in [5.41, 5.74) is 6.46. The number of carboxylic acid groups (broad SMARTS) is 1. The molecule has 4 heteroatoms. The molecule has 1 rings (SSSR count). The first-order valence-electron chi connectivity index (χ1n) is 4.33. The Balaban J connectivity index is 3.15. The van der Waals surface area contributed by atoms with Crippen LogP contribution in [-0.2, 0) is 4.79 Å². The minimum atomic E-state index is -0.984. The number of hydrogen-bond donors (Lipinski definition) is 2. The van der Waals surface area contributed by atoms with Gasteiger partial charge in [-0.05, 0) is 30.2 Å². The van der Waals surface area contributed by atoms with E-state index in [4.69, 9.17) is 10.8 Å². The number of primary amides is 1. The highest BCUT2D eigenvalue weighted by Crippen LogP contribution is 2.15. The number of nitrogens with two attached hydrogens (primary N) is 1. The fraction of sp³-hybridized carbons (Fsp3) is 0.0909. The van der Waals surface area contributed by atoms with Crippen molar-refractivity contribution in [2.45, 2.75) is 6.92 Å². The molecule has 4 nitrogen and oxygen atoms in total. The summed E-state index contributed by atoms with van der Waals surface area (Å²) in [6, 6.07) is 4.86. The van der Waals surface area contributed by atoms with E-state index in [0.717, 1.165) is 0 Å². The molecule has 0 heterocycles. The Labute approximate surface area is 87.0 Å². The minimum absolute atomic E-state index is 0.224. The summed E-state index contributed by atoms with van der Waals surface area (Å²) in [6.07, 6.45) is 2.71. The minimum Gasteiger partial charge on any atom is -0.478 e. The number of aromatic carboxylic acids is 1. The highest BCUT2D eigenvalue weighted by atomic mass is 16.4. The molecular formula is C11H11NO3. The van der Waals surface area contributed by atoms with E-state index in [1.165, 1.54) is 18.2 Å². The predicted molar refractivity (Wildman–Crippen MR) is 56.4 cm³/mol. The molecule has 0 radical (unpaired) electrons. The molecule has 1 aromatic rings. The summed E-state index contributed by atoms with van der Waals surface area (Å²) in [5, 5.41) is 8.85. The first-order chi connectivity index (χ1) is 7.02. The molecule has 0 bridgehead atoms. The van der Waals surface area contributed by atoms with Crippen molar-refractivity contribution < 1.29 is 14.7 Å². The van der Waals surface area contributed by atoms with Gasteiger partial charge in [-0.25, -0.2) is 4.79 Å². The second kappa shape index (κ2) is 4.41. The molecule has 3 N–H and O–H groups in total. The molecular weight excluding hydrogens is 194 g/mol. The third-order valence-corrected chi connectivity index (χ3v) is 2.03. The van der Waals surface area contributed by atoms with E-state index in [1.54, 1.807) is 19.1 Å². The summed E-state index contributed by atoms with van der Waals surface area (Å²) in [5.74, 6) is -1.54. The zero-order chi connectivity index (χ0) is 11.4. The van der Waals surface area contributed by atoms with Crippen LogP contribution in [0.1, 0.15) is 21.5 Å². The van der Waals surface area contributed by atoms with Gasteiger partial charge < -0.3 is 10.8 Å². The zero-order valence-corrected chi connectivity index (χ0v) is 8.23. The molecule has 0 aromatic heterocycles. The van der Waals surface area contributed by atoms with Gasteiger partial charge in [-0.3, -0.25) is 4.79 Å². The molecule has 0 saturated carbocycles. The molecule has 1 amide bonds. The van der Waals surface area contributed by atoms with Gasteiger partial charge in [0.15, 0.2) is 0 Å². The van der Waals surface area contributed by atoms with Gasteiger partial charge in [0.1, 0.15) is 0 Å². The topological polar surface area (TPSA) is 80.4 Å². The van der Waals surface area contributed by atoms with Gasteiger partial charge in [-0.1, -0.05) is 12.1 Å². The lowest BCUT2D eigenvalue weighted by molar-refractivity contribution is -0.113. The van der Waals surface area contributed by atoms with Crippen LogP contribution >= 0.6 is 0 Å². The van der Waals surface area contributed by atoms with Gasteiger partial charge in [-0.2, -0.15) is 0 Å². The van der Waals surface area contributed by atoms with E-state index in [2.05, 4.69) is 0 Å². The highest BCUT2D eigenvalue weighted by Gasteiger charge is 2.07. The van der Waals surface area contributed by atoms with Crippen molar-refractivity contribution in [2.24, 2.45) is 5.73 Å². The van der Waals surface area contributed by atoms with Crippen molar-refractivity contribution in [2.75, 3.05) is 0 Å². The van der Waals surface area contributed by atoms with Crippen molar-refractivity contribution in [3.63, 3.8) is 0 Å². The molecule has 0 unspecified atom stereocenters. The Morgan fingerprint density at radius 3 is 2.60 bits per heavy atom. The number of rotatable bonds is 3. The van der Waals surface area contributed by atoms with Crippen LogP contribution in [0.5, 0.6) is 0 Å². The molecule has 1 aromatic carbocycles. The number of carbonyl (C=O) groups is 2. The Bertz CT molecular complexity index is 435. The van der Waals surface area contributed by atoms with Crippen LogP contribution in [-0.4, -0.2) is 17.0 Å². The number of carboxylic acids is 1. The summed E-state index contributed by atoms with van der Waals surface area (Å²) < 4.78 is 0. The maximum absolute atomic E-state index is 10.8. The Kier molecular flexibility index (Phi) is 3.23. The molecule has 0 saturated heterocycles. The highest BCUT2D eigenvalue weighted by molar-refractivity contribution is 5.93. The molecule has 78 valence electrons. The molecule has 0 atom stereocenters. The predicted octanol–water partition coefficient (Wildman–Crippen LogP) is 1.19. The Morgan fingerprint density at radius 1 is 1.40 bits per heavy atom. The van der Waals surface area contributed by atoms with E-state index < -0.39 is 11.9 Å². The fourth-order valence-electron chi connectivity index (χ4n) is 1.24. The number of benzene rings is 1. The first kappa shape index (κ1) is 11.0. The van der Waals surface area contributed by atoms with Crippen molar-refractivity contribution in [1.82, 2.24) is 0 Å². The van der Waals surface area contributed by atoms with Crippen molar-refractivity contribution >= 4 is 18.0 Å². The van der Waals surface area contributed by atoms with Crippen molar-refractivity contribution in [3.05, 3.63) is 41.0 Å². The fourth-order valence-corrected chi connectivity index (χ4v) is 1.24. The van der Waals surface area contributed by atoms with Crippen molar-refractivity contribution in [3.8, 4) is 0 Å². The summed E-state index contributed by atoms with van der Waals surface area (Å²) in [7, 11) is 0. The molecule has 0 aliphatic rings. The van der Waals surface area contributed by atoms with Gasteiger partial charge in [0.25, 0.3) is 0 Å². The Hall–Kier alpha value is -2.10. The second-order valence-electron chi connectivity index (χ2n) is 3.06. The van der Waals surface area contributed by atoms with Gasteiger partial charge in [0.2, 0.25) is 5.91 Å². The normalized spacial score (nSPS) is 10.5. The third-order valence-electron chi connectivity index (χ3n) is 2.03. The average molecular weight is 205 g/mol. The van der Waals surface area contributed by atoms with Gasteiger partial charge >= 0.3 is 5.97 Å². The lowest BCUT2D eigenvalue weighted by Gasteiger charge is -2.03. The van der Waals surface area contributed by atoms with E-state index in [1.807, 2.05) is 0 Å². The lowest BCUT2D eigenvalue weighted by Crippen LogP contribution is -2.05. The van der Waals surface area contributed by atoms with Crippen LogP contribution < -0.4 is 5.73 Å². The maximum Gasteiger partial charge on any atom is 0.335 e. The van der Waals surface area contributed by atoms with Gasteiger partial charge in [0, 0.05) is 6.08 Å². The monoisotopic (exact) mass is 205 g/mol. The molecule has 0 spiro atoms. The largest absolute Gasteiger partial charge is 0.478 e. The van der Waals surface area contributed by atoms with Gasteiger partial charge in [-0.15, -0.1) is 0 Å². The SMILES string of the molecule is Cc1c(C=CC(N)=O)cccc1C(=O)O. The second-order valence-corrected chi connectivity index (χ2v) is 3.06. The molecule has 0 fully saturated rings. The van der Waals surface area contributed by atoms with Crippen LogP contribution in [0.25, 0.3) is 6.08 Å². The number of amides is 1. The van der Waals surface area contributed by atoms with Crippen LogP contribution in [0.15, 0.2) is 24.3 Å². The molecule has 0 aliphatic carbocycles. The van der Waals surface area contributed by atoms with Crippen LogP contribution in [0.2, 0.25) is 0 Å². The standard InChI is InChI=1S/C11H11NO3/c1-7-8(5-6-10(12)13)3-2-4-9(7)11(14)15/h2-6H,1H3,(H2,12,13)(H,14,15). The van der Waals surface area contributed by atoms with E-state index in [9.17, 15) is 9.59 Å². The summed E-state index contributed by atoms with van der Waals surface area (Å²) in [6.45, 7) is 1.68. The van der Waals surface area contributed by atoms with Gasteiger partial charge in [0.05, 0.1) is 5.56 Å². The summed E-state index contributed by atoms with van der Waals surface area (Å²) >= 11 is 0. The summed E-state index contributed by atoms with van der Waals surface area (Å²) in [4.78, 5) is 21.3. The number of hydrogen-bond acceptors (Lipinski definition) is 2. The van der Waals surface area contributed by atoms with E-state index in [0.29, 0.717) is 11.1 Å². The molecule has 0 aliphatic heterocycles. The number of carbonyl (C=O) groups excluding carboxylic acids is 1. The van der Waals surface area contributed by atoms with E-state index in [-0.39, 0.29) is 5.56 Å². The van der Waals surface area contributed by atoms with Crippen LogP contribution in [0, 0.1) is 6.92 Å². The maximum atomic E-state index is 10.8.